The molecule has 0 bridgehead atoms. The predicted molar refractivity (Wildman–Crippen MR) is 105 cm³/mol. The first-order valence-corrected chi connectivity index (χ1v) is 10.8. The lowest BCUT2D eigenvalue weighted by molar-refractivity contribution is 0.163. The quantitative estimate of drug-likeness (QED) is 0.611. The van der Waals surface area contributed by atoms with Crippen molar-refractivity contribution in [1.82, 2.24) is 19.3 Å². The van der Waals surface area contributed by atoms with Gasteiger partial charge in [-0.3, -0.25) is 4.90 Å². The van der Waals surface area contributed by atoms with Gasteiger partial charge in [0, 0.05) is 36.8 Å². The maximum atomic E-state index is 13.9. The number of sulfonamides is 1. The summed E-state index contributed by atoms with van der Waals surface area (Å²) in [7, 11) is -3.86. The van der Waals surface area contributed by atoms with Gasteiger partial charge in [-0.2, -0.15) is 9.29 Å². The Labute approximate surface area is 172 Å². The highest BCUT2D eigenvalue weighted by molar-refractivity contribution is 7.89. The van der Waals surface area contributed by atoms with E-state index < -0.39 is 15.8 Å². The summed E-state index contributed by atoms with van der Waals surface area (Å²) in [5.74, 6) is 0.142. The standard InChI is InChI=1S/C19H18ClFN4O3S/c20-15-5-3-4-14(12-15)19-22-18(28-23-19)13-24-8-10-25(11-9-24)29(26,27)17-7-2-1-6-16(17)21/h1-7,12H,8-11,13H2. The highest BCUT2D eigenvalue weighted by Crippen LogP contribution is 2.22. The number of hydrogen-bond acceptors (Lipinski definition) is 6. The average Bonchev–Trinajstić information content (AvgIpc) is 3.17. The van der Waals surface area contributed by atoms with Crippen LogP contribution in [0.2, 0.25) is 5.02 Å². The minimum atomic E-state index is -3.86. The zero-order chi connectivity index (χ0) is 20.4. The molecule has 152 valence electrons. The summed E-state index contributed by atoms with van der Waals surface area (Å²) >= 11 is 5.99. The van der Waals surface area contributed by atoms with Gasteiger partial charge in [-0.05, 0) is 24.3 Å². The number of aromatic nitrogens is 2. The van der Waals surface area contributed by atoms with Crippen LogP contribution in [0.4, 0.5) is 4.39 Å². The number of hydrogen-bond donors (Lipinski definition) is 0. The highest BCUT2D eigenvalue weighted by Gasteiger charge is 2.30. The summed E-state index contributed by atoms with van der Waals surface area (Å²) in [6.45, 7) is 1.87. The molecule has 0 radical (unpaired) electrons. The van der Waals surface area contributed by atoms with E-state index >= 15 is 0 Å². The van der Waals surface area contributed by atoms with Gasteiger partial charge >= 0.3 is 0 Å². The van der Waals surface area contributed by atoms with E-state index in [-0.39, 0.29) is 18.0 Å². The van der Waals surface area contributed by atoms with Crippen LogP contribution in [0.3, 0.4) is 0 Å². The first-order chi connectivity index (χ1) is 13.9. The van der Waals surface area contributed by atoms with Gasteiger partial charge in [-0.15, -0.1) is 0 Å². The summed E-state index contributed by atoms with van der Waals surface area (Å²) in [6, 6.07) is 12.6. The van der Waals surface area contributed by atoms with E-state index in [1.54, 1.807) is 12.1 Å². The molecule has 1 fully saturated rings. The molecule has 4 rings (SSSR count). The molecule has 1 saturated heterocycles. The lowest BCUT2D eigenvalue weighted by Gasteiger charge is -2.33. The topological polar surface area (TPSA) is 79.5 Å². The molecule has 0 unspecified atom stereocenters. The maximum absolute atomic E-state index is 13.9. The zero-order valence-corrected chi connectivity index (χ0v) is 16.9. The zero-order valence-electron chi connectivity index (χ0n) is 15.3. The lowest BCUT2D eigenvalue weighted by Crippen LogP contribution is -2.48. The molecule has 3 aromatic rings. The fraction of sp³-hybridized carbons (Fsp3) is 0.263. The third-order valence-corrected chi connectivity index (χ3v) is 6.86. The molecule has 29 heavy (non-hydrogen) atoms. The Morgan fingerprint density at radius 2 is 1.83 bits per heavy atom. The molecule has 1 aromatic heterocycles. The highest BCUT2D eigenvalue weighted by atomic mass is 35.5. The van der Waals surface area contributed by atoms with E-state index in [1.165, 1.54) is 22.5 Å². The molecular formula is C19H18ClFN4O3S. The molecule has 1 aliphatic rings. The van der Waals surface area contributed by atoms with Crippen molar-refractivity contribution in [3.05, 3.63) is 65.3 Å². The maximum Gasteiger partial charge on any atom is 0.246 e. The van der Waals surface area contributed by atoms with E-state index in [0.717, 1.165) is 11.6 Å². The Hall–Kier alpha value is -2.33. The van der Waals surface area contributed by atoms with Crippen LogP contribution in [0, 0.1) is 5.82 Å². The Kier molecular flexibility index (Phi) is 5.64. The number of benzene rings is 2. The summed E-state index contributed by atoms with van der Waals surface area (Å²) in [6.07, 6.45) is 0. The Bertz CT molecular complexity index is 1110. The van der Waals surface area contributed by atoms with Crippen molar-refractivity contribution in [1.29, 1.82) is 0 Å². The Morgan fingerprint density at radius 1 is 1.07 bits per heavy atom. The van der Waals surface area contributed by atoms with Crippen LogP contribution in [0.25, 0.3) is 11.4 Å². The Balaban J connectivity index is 1.39. The van der Waals surface area contributed by atoms with Crippen molar-refractivity contribution in [2.75, 3.05) is 26.2 Å². The number of rotatable bonds is 5. The molecule has 2 aromatic carbocycles. The summed E-state index contributed by atoms with van der Waals surface area (Å²) in [4.78, 5) is 6.10. The average molecular weight is 437 g/mol. The third-order valence-electron chi connectivity index (χ3n) is 4.70. The van der Waals surface area contributed by atoms with Crippen molar-refractivity contribution in [2.24, 2.45) is 0 Å². The lowest BCUT2D eigenvalue weighted by atomic mass is 10.2. The fourth-order valence-corrected chi connectivity index (χ4v) is 4.85. The molecule has 0 amide bonds. The van der Waals surface area contributed by atoms with Crippen molar-refractivity contribution in [2.45, 2.75) is 11.4 Å². The second-order valence-corrected chi connectivity index (χ2v) is 8.98. The van der Waals surface area contributed by atoms with E-state index in [9.17, 15) is 12.8 Å². The molecule has 7 nitrogen and oxygen atoms in total. The van der Waals surface area contributed by atoms with Gasteiger partial charge in [-0.25, -0.2) is 12.8 Å². The first-order valence-electron chi connectivity index (χ1n) is 8.99. The Morgan fingerprint density at radius 3 is 2.55 bits per heavy atom. The van der Waals surface area contributed by atoms with Crippen LogP contribution in [0.1, 0.15) is 5.89 Å². The summed E-state index contributed by atoms with van der Waals surface area (Å²) in [5.41, 5.74) is 0.758. The van der Waals surface area contributed by atoms with Gasteiger partial charge in [0.2, 0.25) is 21.7 Å². The molecule has 0 atom stereocenters. The van der Waals surface area contributed by atoms with Crippen LogP contribution in [-0.4, -0.2) is 53.9 Å². The van der Waals surface area contributed by atoms with E-state index in [2.05, 4.69) is 10.1 Å². The number of piperazine rings is 1. The second kappa shape index (κ2) is 8.19. The van der Waals surface area contributed by atoms with Crippen molar-refractivity contribution < 1.29 is 17.3 Å². The van der Waals surface area contributed by atoms with Gasteiger partial charge in [-0.1, -0.05) is 41.0 Å². The first kappa shape index (κ1) is 20.0. The van der Waals surface area contributed by atoms with Gasteiger partial charge in [0.25, 0.3) is 0 Å². The van der Waals surface area contributed by atoms with Gasteiger partial charge in [0.05, 0.1) is 6.54 Å². The smallest absolute Gasteiger partial charge is 0.246 e. The van der Waals surface area contributed by atoms with Gasteiger partial charge in [0.1, 0.15) is 10.7 Å². The number of nitrogens with zero attached hydrogens (tertiary/aromatic N) is 4. The molecule has 0 aliphatic carbocycles. The van der Waals surface area contributed by atoms with Crippen molar-refractivity contribution in [3.8, 4) is 11.4 Å². The van der Waals surface area contributed by atoms with Crippen LogP contribution >= 0.6 is 11.6 Å². The van der Waals surface area contributed by atoms with Gasteiger partial charge in [0.15, 0.2) is 0 Å². The van der Waals surface area contributed by atoms with Crippen LogP contribution in [0.15, 0.2) is 57.9 Å². The SMILES string of the molecule is O=S(=O)(c1ccccc1F)N1CCN(Cc2nc(-c3cccc(Cl)c3)no2)CC1. The van der Waals surface area contributed by atoms with Crippen LogP contribution in [-0.2, 0) is 16.6 Å². The van der Waals surface area contributed by atoms with Crippen LogP contribution < -0.4 is 0 Å². The minimum Gasteiger partial charge on any atom is -0.338 e. The molecular weight excluding hydrogens is 419 g/mol. The minimum absolute atomic E-state index is 0.256. The van der Waals surface area contributed by atoms with Gasteiger partial charge < -0.3 is 4.52 Å². The van der Waals surface area contributed by atoms with Crippen molar-refractivity contribution in [3.63, 3.8) is 0 Å². The fourth-order valence-electron chi connectivity index (χ4n) is 3.18. The van der Waals surface area contributed by atoms with E-state index in [1.807, 2.05) is 17.0 Å². The third kappa shape index (κ3) is 4.32. The molecule has 10 heteroatoms. The summed E-state index contributed by atoms with van der Waals surface area (Å²) < 4.78 is 45.9. The molecule has 0 N–H and O–H groups in total. The van der Waals surface area contributed by atoms with Crippen LogP contribution in [0.5, 0.6) is 0 Å². The number of halogens is 2. The normalized spacial score (nSPS) is 16.2. The molecule has 1 aliphatic heterocycles. The molecule has 0 saturated carbocycles. The largest absolute Gasteiger partial charge is 0.338 e. The van der Waals surface area contributed by atoms with E-state index in [0.29, 0.717) is 36.4 Å². The second-order valence-electron chi connectivity index (χ2n) is 6.63. The van der Waals surface area contributed by atoms with Crippen molar-refractivity contribution >= 4 is 21.6 Å². The predicted octanol–water partition coefficient (Wildman–Crippen LogP) is 3.04. The van der Waals surface area contributed by atoms with E-state index in [4.69, 9.17) is 16.1 Å². The monoisotopic (exact) mass is 436 g/mol. The summed E-state index contributed by atoms with van der Waals surface area (Å²) in [5, 5.41) is 4.56. The molecule has 0 spiro atoms. The molecule has 2 heterocycles.